The van der Waals surface area contributed by atoms with Crippen molar-refractivity contribution < 1.29 is 4.79 Å². The summed E-state index contributed by atoms with van der Waals surface area (Å²) < 4.78 is 0. The van der Waals surface area contributed by atoms with Crippen LogP contribution in [-0.2, 0) is 0 Å². The molecule has 1 spiro atoms. The second-order valence-corrected chi connectivity index (χ2v) is 4.51. The van der Waals surface area contributed by atoms with Crippen molar-refractivity contribution in [3.63, 3.8) is 0 Å². The highest BCUT2D eigenvalue weighted by Crippen LogP contribution is 2.51. The van der Waals surface area contributed by atoms with E-state index in [4.69, 9.17) is 0 Å². The van der Waals surface area contributed by atoms with Crippen LogP contribution < -0.4 is 5.32 Å². The van der Waals surface area contributed by atoms with E-state index in [1.807, 2.05) is 25.1 Å². The SMILES string of the molecule is Cc1ccc2c(c1)C(=O)C1(CC1)CN2. The second kappa shape index (κ2) is 2.38. The van der Waals surface area contributed by atoms with E-state index in [-0.39, 0.29) is 5.41 Å². The van der Waals surface area contributed by atoms with Crippen molar-refractivity contribution in [2.75, 3.05) is 11.9 Å². The molecule has 72 valence electrons. The lowest BCUT2D eigenvalue weighted by molar-refractivity contribution is 0.0903. The van der Waals surface area contributed by atoms with Crippen molar-refractivity contribution in [2.24, 2.45) is 5.41 Å². The maximum Gasteiger partial charge on any atom is 0.172 e. The van der Waals surface area contributed by atoms with Gasteiger partial charge in [-0.15, -0.1) is 0 Å². The van der Waals surface area contributed by atoms with Crippen LogP contribution in [0.25, 0.3) is 0 Å². The predicted octanol–water partition coefficient (Wildman–Crippen LogP) is 2.38. The third kappa shape index (κ3) is 0.939. The number of fused-ring (bicyclic) bond motifs is 1. The van der Waals surface area contributed by atoms with E-state index < -0.39 is 0 Å². The van der Waals surface area contributed by atoms with Crippen molar-refractivity contribution >= 4 is 11.5 Å². The third-order valence-corrected chi connectivity index (χ3v) is 3.37. The van der Waals surface area contributed by atoms with E-state index in [1.54, 1.807) is 0 Å². The van der Waals surface area contributed by atoms with Gasteiger partial charge in [-0.1, -0.05) is 11.6 Å². The molecule has 0 amide bonds. The van der Waals surface area contributed by atoms with Crippen LogP contribution in [0.15, 0.2) is 18.2 Å². The Labute approximate surface area is 83.3 Å². The van der Waals surface area contributed by atoms with Crippen LogP contribution in [-0.4, -0.2) is 12.3 Å². The molecule has 3 rings (SSSR count). The number of Topliss-reactive ketones (excluding diaryl/α,β-unsaturated/α-hetero) is 1. The molecule has 1 saturated carbocycles. The minimum Gasteiger partial charge on any atom is -0.383 e. The quantitative estimate of drug-likeness (QED) is 0.675. The predicted molar refractivity (Wildman–Crippen MR) is 55.7 cm³/mol. The van der Waals surface area contributed by atoms with E-state index in [2.05, 4.69) is 5.32 Å². The molecule has 1 aliphatic carbocycles. The number of benzene rings is 1. The molecule has 14 heavy (non-hydrogen) atoms. The molecule has 0 saturated heterocycles. The van der Waals surface area contributed by atoms with Gasteiger partial charge in [0.05, 0.1) is 5.41 Å². The molecule has 1 heterocycles. The molecule has 0 atom stereocenters. The van der Waals surface area contributed by atoms with Crippen LogP contribution in [0.4, 0.5) is 5.69 Å². The number of ketones is 1. The number of rotatable bonds is 0. The van der Waals surface area contributed by atoms with Gasteiger partial charge in [-0.05, 0) is 31.9 Å². The molecule has 0 unspecified atom stereocenters. The highest BCUT2D eigenvalue weighted by molar-refractivity contribution is 6.08. The van der Waals surface area contributed by atoms with Crippen LogP contribution >= 0.6 is 0 Å². The zero-order chi connectivity index (χ0) is 9.76. The number of anilines is 1. The molecule has 1 aromatic rings. The van der Waals surface area contributed by atoms with Gasteiger partial charge in [-0.3, -0.25) is 4.79 Å². The maximum absolute atomic E-state index is 12.1. The topological polar surface area (TPSA) is 29.1 Å². The lowest BCUT2D eigenvalue weighted by atomic mass is 9.89. The van der Waals surface area contributed by atoms with Crippen molar-refractivity contribution in [3.8, 4) is 0 Å². The molecule has 2 nitrogen and oxygen atoms in total. The monoisotopic (exact) mass is 187 g/mol. The molecule has 0 radical (unpaired) electrons. The smallest absolute Gasteiger partial charge is 0.172 e. The van der Waals surface area contributed by atoms with Crippen LogP contribution in [0.1, 0.15) is 28.8 Å². The number of carbonyl (C=O) groups excluding carboxylic acids is 1. The second-order valence-electron chi connectivity index (χ2n) is 4.51. The van der Waals surface area contributed by atoms with Crippen molar-refractivity contribution in [1.82, 2.24) is 0 Å². The molecular formula is C12H13NO. The lowest BCUT2D eigenvalue weighted by Crippen LogP contribution is -2.31. The van der Waals surface area contributed by atoms with Crippen LogP contribution in [0.5, 0.6) is 0 Å². The first-order chi connectivity index (χ1) is 6.71. The van der Waals surface area contributed by atoms with Gasteiger partial charge >= 0.3 is 0 Å². The average molecular weight is 187 g/mol. The largest absolute Gasteiger partial charge is 0.383 e. The van der Waals surface area contributed by atoms with Gasteiger partial charge in [-0.25, -0.2) is 0 Å². The first-order valence-electron chi connectivity index (χ1n) is 5.11. The van der Waals surface area contributed by atoms with Gasteiger partial charge < -0.3 is 5.32 Å². The number of carbonyl (C=O) groups is 1. The fourth-order valence-electron chi connectivity index (χ4n) is 2.19. The first-order valence-corrected chi connectivity index (χ1v) is 5.11. The molecule has 0 bridgehead atoms. The summed E-state index contributed by atoms with van der Waals surface area (Å²) in [7, 11) is 0. The molecular weight excluding hydrogens is 174 g/mol. The van der Waals surface area contributed by atoms with Crippen molar-refractivity contribution in [3.05, 3.63) is 29.3 Å². The van der Waals surface area contributed by atoms with E-state index >= 15 is 0 Å². The Balaban J connectivity index is 2.13. The fourth-order valence-corrected chi connectivity index (χ4v) is 2.19. The van der Waals surface area contributed by atoms with E-state index in [9.17, 15) is 4.79 Å². The molecule has 0 aromatic heterocycles. The Hall–Kier alpha value is -1.31. The number of hydrogen-bond acceptors (Lipinski definition) is 2. The van der Waals surface area contributed by atoms with Crippen LogP contribution in [0.2, 0.25) is 0 Å². The van der Waals surface area contributed by atoms with E-state index in [1.165, 1.54) is 0 Å². The normalized spacial score (nSPS) is 21.6. The Morgan fingerprint density at radius 2 is 2.14 bits per heavy atom. The summed E-state index contributed by atoms with van der Waals surface area (Å²) in [6.45, 7) is 2.86. The summed E-state index contributed by atoms with van der Waals surface area (Å²) in [5, 5.41) is 3.35. The summed E-state index contributed by atoms with van der Waals surface area (Å²) in [5.41, 5.74) is 3.05. The Bertz CT molecular complexity index is 418. The highest BCUT2D eigenvalue weighted by atomic mass is 16.1. The van der Waals surface area contributed by atoms with E-state index in [0.717, 1.165) is 36.2 Å². The average Bonchev–Trinajstić information content (AvgIpc) is 2.94. The Morgan fingerprint density at radius 1 is 1.36 bits per heavy atom. The minimum absolute atomic E-state index is 0.0270. The molecule has 1 aliphatic heterocycles. The number of aryl methyl sites for hydroxylation is 1. The van der Waals surface area contributed by atoms with Gasteiger partial charge in [-0.2, -0.15) is 0 Å². The van der Waals surface area contributed by atoms with Crippen LogP contribution in [0, 0.1) is 12.3 Å². The summed E-state index contributed by atoms with van der Waals surface area (Å²) in [5.74, 6) is 0.356. The minimum atomic E-state index is -0.0270. The van der Waals surface area contributed by atoms with Crippen LogP contribution in [0.3, 0.4) is 0 Å². The first kappa shape index (κ1) is 8.04. The molecule has 2 heteroatoms. The summed E-state index contributed by atoms with van der Waals surface area (Å²) >= 11 is 0. The van der Waals surface area contributed by atoms with Gasteiger partial charge in [0.1, 0.15) is 0 Å². The van der Waals surface area contributed by atoms with Gasteiger partial charge in [0.2, 0.25) is 0 Å². The summed E-state index contributed by atoms with van der Waals surface area (Å²) in [6.07, 6.45) is 2.12. The molecule has 1 N–H and O–H groups in total. The van der Waals surface area contributed by atoms with Crippen molar-refractivity contribution in [2.45, 2.75) is 19.8 Å². The molecule has 2 aliphatic rings. The Kier molecular flexibility index (Phi) is 1.37. The fraction of sp³-hybridized carbons (Fsp3) is 0.417. The van der Waals surface area contributed by atoms with E-state index in [0.29, 0.717) is 5.78 Å². The Morgan fingerprint density at radius 3 is 2.86 bits per heavy atom. The van der Waals surface area contributed by atoms with Gasteiger partial charge in [0.25, 0.3) is 0 Å². The summed E-state index contributed by atoms with van der Waals surface area (Å²) in [4.78, 5) is 12.1. The molecule has 1 fully saturated rings. The van der Waals surface area contributed by atoms with Gasteiger partial charge in [0.15, 0.2) is 5.78 Å². The number of hydrogen-bond donors (Lipinski definition) is 1. The standard InChI is InChI=1S/C12H13NO/c1-8-2-3-10-9(6-8)11(14)12(4-5-12)7-13-10/h2-3,6,13H,4-5,7H2,1H3. The van der Waals surface area contributed by atoms with Gasteiger partial charge in [0, 0.05) is 17.8 Å². The summed E-state index contributed by atoms with van der Waals surface area (Å²) in [6, 6.07) is 6.06. The zero-order valence-corrected chi connectivity index (χ0v) is 8.26. The zero-order valence-electron chi connectivity index (χ0n) is 8.26. The lowest BCUT2D eigenvalue weighted by Gasteiger charge is -2.24. The molecule has 1 aromatic carbocycles. The third-order valence-electron chi connectivity index (χ3n) is 3.37. The van der Waals surface area contributed by atoms with Crippen molar-refractivity contribution in [1.29, 1.82) is 0 Å². The highest BCUT2D eigenvalue weighted by Gasteiger charge is 2.52. The maximum atomic E-state index is 12.1. The number of nitrogens with one attached hydrogen (secondary N) is 1.